The third kappa shape index (κ3) is 3.16. The Morgan fingerprint density at radius 2 is 1.77 bits per heavy atom. The molecule has 120 valence electrons. The Hall–Kier alpha value is -2.23. The summed E-state index contributed by atoms with van der Waals surface area (Å²) in [6.07, 6.45) is 0. The third-order valence-electron chi connectivity index (χ3n) is 2.59. The molecule has 0 aliphatic carbocycles. The number of rotatable bonds is 4. The minimum absolute atomic E-state index is 0.295. The van der Waals surface area contributed by atoms with Crippen LogP contribution in [0.2, 0.25) is 0 Å². The molecule has 1 heterocycles. The second-order valence-corrected chi connectivity index (χ2v) is 5.75. The highest BCUT2D eigenvalue weighted by atomic mass is 32.2. The molecule has 0 unspecified atom stereocenters. The molecule has 1 aromatic carbocycles. The van der Waals surface area contributed by atoms with Crippen LogP contribution < -0.4 is 8.92 Å². The third-order valence-corrected chi connectivity index (χ3v) is 3.55. The van der Waals surface area contributed by atoms with Crippen molar-refractivity contribution in [1.82, 2.24) is 9.78 Å². The lowest BCUT2D eigenvalue weighted by Crippen LogP contribution is -2.28. The lowest BCUT2D eigenvalue weighted by Gasteiger charge is -2.11. The molecule has 2 rings (SSSR count). The van der Waals surface area contributed by atoms with E-state index in [1.807, 2.05) is 0 Å². The Labute approximate surface area is 124 Å². The summed E-state index contributed by atoms with van der Waals surface area (Å²) in [5.41, 5.74) is -4.90. The minimum atomic E-state index is -5.77. The zero-order valence-electron chi connectivity index (χ0n) is 11.5. The minimum Gasteiger partial charge on any atom is -0.497 e. The summed E-state index contributed by atoms with van der Waals surface area (Å²) in [5, 5.41) is 3.92. The van der Waals surface area contributed by atoms with Crippen molar-refractivity contribution in [2.45, 2.75) is 12.4 Å². The van der Waals surface area contributed by atoms with Gasteiger partial charge in [-0.25, -0.2) is 0 Å². The van der Waals surface area contributed by atoms with Gasteiger partial charge in [0.05, 0.1) is 18.5 Å². The van der Waals surface area contributed by atoms with Crippen LogP contribution in [-0.2, 0) is 10.1 Å². The normalized spacial score (nSPS) is 12.2. The monoisotopic (exact) mass is 336 g/mol. The van der Waals surface area contributed by atoms with E-state index < -0.39 is 21.5 Å². The molecule has 0 radical (unpaired) electrons. The average Bonchev–Trinajstić information content (AvgIpc) is 2.77. The Morgan fingerprint density at radius 1 is 1.18 bits per heavy atom. The number of halogens is 3. The van der Waals surface area contributed by atoms with E-state index in [4.69, 9.17) is 4.74 Å². The number of ether oxygens (including phenoxy) is 1. The first-order valence-electron chi connectivity index (χ1n) is 5.86. The van der Waals surface area contributed by atoms with E-state index in [1.54, 1.807) is 12.1 Å². The van der Waals surface area contributed by atoms with Crippen LogP contribution in [0.4, 0.5) is 13.2 Å². The molecule has 2 aromatic rings. The van der Waals surface area contributed by atoms with Crippen LogP contribution in [0.3, 0.4) is 0 Å². The first-order chi connectivity index (χ1) is 10.1. The SMILES string of the molecule is COc1ccc(-n2nc(C)cc2OS(=O)(=O)C(F)(F)F)cc1. The summed E-state index contributed by atoms with van der Waals surface area (Å²) in [6.45, 7) is 1.49. The van der Waals surface area contributed by atoms with E-state index in [0.717, 1.165) is 10.7 Å². The summed E-state index contributed by atoms with van der Waals surface area (Å²) in [5.74, 6) is -0.0296. The molecule has 0 fully saturated rings. The number of benzene rings is 1. The molecule has 10 heteroatoms. The van der Waals surface area contributed by atoms with Crippen LogP contribution in [0.1, 0.15) is 5.69 Å². The quantitative estimate of drug-likeness (QED) is 0.633. The molecule has 22 heavy (non-hydrogen) atoms. The van der Waals surface area contributed by atoms with Gasteiger partial charge in [0, 0.05) is 6.07 Å². The Morgan fingerprint density at radius 3 is 2.27 bits per heavy atom. The van der Waals surface area contributed by atoms with Gasteiger partial charge in [0.2, 0.25) is 5.88 Å². The van der Waals surface area contributed by atoms with Crippen molar-refractivity contribution in [2.75, 3.05) is 7.11 Å². The molecular formula is C12H11F3N2O4S. The first kappa shape index (κ1) is 16.1. The van der Waals surface area contributed by atoms with E-state index in [0.29, 0.717) is 17.1 Å². The maximum absolute atomic E-state index is 12.4. The first-order valence-corrected chi connectivity index (χ1v) is 7.27. The van der Waals surface area contributed by atoms with Crippen molar-refractivity contribution >= 4 is 10.1 Å². The fourth-order valence-electron chi connectivity index (χ4n) is 1.60. The average molecular weight is 336 g/mol. The van der Waals surface area contributed by atoms with Crippen LogP contribution in [0, 0.1) is 6.92 Å². The number of aromatic nitrogens is 2. The molecule has 0 spiro atoms. The van der Waals surface area contributed by atoms with E-state index >= 15 is 0 Å². The number of aryl methyl sites for hydroxylation is 1. The Bertz CT molecular complexity index is 767. The van der Waals surface area contributed by atoms with Gasteiger partial charge in [0.25, 0.3) is 0 Å². The topological polar surface area (TPSA) is 70.4 Å². The van der Waals surface area contributed by atoms with Crippen molar-refractivity contribution in [1.29, 1.82) is 0 Å². The summed E-state index contributed by atoms with van der Waals surface area (Å²) in [7, 11) is -4.31. The molecule has 0 N–H and O–H groups in total. The molecule has 0 saturated heterocycles. The van der Waals surface area contributed by atoms with Crippen molar-refractivity contribution < 1.29 is 30.5 Å². The van der Waals surface area contributed by atoms with Crippen LogP contribution in [-0.4, -0.2) is 30.8 Å². The predicted molar refractivity (Wildman–Crippen MR) is 70.5 cm³/mol. The van der Waals surface area contributed by atoms with Crippen molar-refractivity contribution in [3.05, 3.63) is 36.0 Å². The molecule has 0 aliphatic heterocycles. The van der Waals surface area contributed by atoms with Crippen LogP contribution in [0.15, 0.2) is 30.3 Å². The van der Waals surface area contributed by atoms with Crippen LogP contribution >= 0.6 is 0 Å². The van der Waals surface area contributed by atoms with E-state index in [-0.39, 0.29) is 0 Å². The molecule has 0 bridgehead atoms. The van der Waals surface area contributed by atoms with E-state index in [2.05, 4.69) is 9.28 Å². The van der Waals surface area contributed by atoms with E-state index in [9.17, 15) is 21.6 Å². The largest absolute Gasteiger partial charge is 0.534 e. The summed E-state index contributed by atoms with van der Waals surface area (Å²) in [4.78, 5) is 0. The zero-order valence-corrected chi connectivity index (χ0v) is 12.3. The van der Waals surface area contributed by atoms with Gasteiger partial charge in [-0.3, -0.25) is 0 Å². The molecular weight excluding hydrogens is 325 g/mol. The number of hydrogen-bond acceptors (Lipinski definition) is 5. The van der Waals surface area contributed by atoms with Gasteiger partial charge in [0.15, 0.2) is 0 Å². The number of methoxy groups -OCH3 is 1. The van der Waals surface area contributed by atoms with Gasteiger partial charge in [-0.1, -0.05) is 0 Å². The highest BCUT2D eigenvalue weighted by Gasteiger charge is 2.49. The van der Waals surface area contributed by atoms with Gasteiger partial charge in [-0.15, -0.1) is 0 Å². The van der Waals surface area contributed by atoms with Gasteiger partial charge in [-0.2, -0.15) is 31.4 Å². The van der Waals surface area contributed by atoms with Gasteiger partial charge in [0.1, 0.15) is 5.75 Å². The molecule has 0 amide bonds. The second-order valence-electron chi connectivity index (χ2n) is 4.22. The molecule has 6 nitrogen and oxygen atoms in total. The smallest absolute Gasteiger partial charge is 0.497 e. The standard InChI is InChI=1S/C12H11F3N2O4S/c1-8-7-11(21-22(18,19)12(13,14)15)17(16-8)9-3-5-10(20-2)6-4-9/h3-7H,1-2H3. The van der Waals surface area contributed by atoms with Crippen molar-refractivity contribution in [2.24, 2.45) is 0 Å². The molecule has 1 aromatic heterocycles. The molecule has 0 saturated carbocycles. The fourth-order valence-corrected chi connectivity index (χ4v) is 2.04. The van der Waals surface area contributed by atoms with Crippen LogP contribution in [0.25, 0.3) is 5.69 Å². The molecule has 0 aliphatic rings. The highest BCUT2D eigenvalue weighted by Crippen LogP contribution is 2.29. The maximum Gasteiger partial charge on any atom is 0.534 e. The van der Waals surface area contributed by atoms with Crippen molar-refractivity contribution in [3.63, 3.8) is 0 Å². The summed E-state index contributed by atoms with van der Waals surface area (Å²) in [6, 6.07) is 7.19. The Kier molecular flexibility index (Phi) is 4.05. The lowest BCUT2D eigenvalue weighted by atomic mass is 10.3. The van der Waals surface area contributed by atoms with E-state index in [1.165, 1.54) is 26.2 Å². The van der Waals surface area contributed by atoms with Crippen molar-refractivity contribution in [3.8, 4) is 17.3 Å². The number of hydrogen-bond donors (Lipinski definition) is 0. The summed E-state index contributed by atoms with van der Waals surface area (Å²) >= 11 is 0. The summed E-state index contributed by atoms with van der Waals surface area (Å²) < 4.78 is 69.5. The van der Waals surface area contributed by atoms with Gasteiger partial charge in [-0.05, 0) is 31.2 Å². The number of nitrogens with zero attached hydrogens (tertiary/aromatic N) is 2. The second kappa shape index (κ2) is 5.52. The highest BCUT2D eigenvalue weighted by molar-refractivity contribution is 7.87. The van der Waals surface area contributed by atoms with Gasteiger partial charge < -0.3 is 8.92 Å². The molecule has 0 atom stereocenters. The number of alkyl halides is 3. The zero-order chi connectivity index (χ0) is 16.5. The Balaban J connectivity index is 2.42. The van der Waals surface area contributed by atoms with Crippen LogP contribution in [0.5, 0.6) is 11.6 Å². The lowest BCUT2D eigenvalue weighted by molar-refractivity contribution is -0.0502. The van der Waals surface area contributed by atoms with Gasteiger partial charge >= 0.3 is 15.6 Å². The predicted octanol–water partition coefficient (Wildman–Crippen LogP) is 2.42. The maximum atomic E-state index is 12.4. The fraction of sp³-hybridized carbons (Fsp3) is 0.250.